The first kappa shape index (κ1) is 23.7. The summed E-state index contributed by atoms with van der Waals surface area (Å²) < 4.78 is 49.6. The van der Waals surface area contributed by atoms with Crippen LogP contribution in [-0.4, -0.2) is 31.6 Å². The number of carbonyl (C=O) groups is 1. The Hall–Kier alpha value is -4.02. The Morgan fingerprint density at radius 1 is 1.19 bits per heavy atom. The Labute approximate surface area is 205 Å². The van der Waals surface area contributed by atoms with Gasteiger partial charge in [0.1, 0.15) is 17.1 Å². The standard InChI is InChI=1S/C25H25F3N6O2/c1-14-6-8-17(9-7-14)13-33-16(3)22(15(2)32-33)31-24(35)18-12-29-34-21(25(26,27)28)11-19(30-23(18)34)20-5-4-10-36-20/h4-10,12,19,21,30H,11,13H2,1-3H3,(H,31,35)/t19-,21+/m1/s1. The van der Waals surface area contributed by atoms with Crippen molar-refractivity contribution in [1.29, 1.82) is 0 Å². The van der Waals surface area contributed by atoms with Gasteiger partial charge in [-0.15, -0.1) is 0 Å². The van der Waals surface area contributed by atoms with Gasteiger partial charge in [0.15, 0.2) is 6.04 Å². The molecule has 2 N–H and O–H groups in total. The fourth-order valence-electron chi connectivity index (χ4n) is 4.48. The number of hydrogen-bond donors (Lipinski definition) is 2. The molecule has 0 unspecified atom stereocenters. The zero-order valence-corrected chi connectivity index (χ0v) is 19.9. The molecule has 36 heavy (non-hydrogen) atoms. The second kappa shape index (κ2) is 8.89. The van der Waals surface area contributed by atoms with Crippen LogP contribution in [0, 0.1) is 20.8 Å². The van der Waals surface area contributed by atoms with Crippen LogP contribution in [0.2, 0.25) is 0 Å². The van der Waals surface area contributed by atoms with E-state index in [4.69, 9.17) is 4.42 Å². The van der Waals surface area contributed by atoms with E-state index in [-0.39, 0.29) is 17.8 Å². The minimum absolute atomic E-state index is 0.00518. The number of halogens is 3. The van der Waals surface area contributed by atoms with Gasteiger partial charge in [0.25, 0.3) is 5.91 Å². The molecule has 1 aromatic carbocycles. The van der Waals surface area contributed by atoms with Gasteiger partial charge in [-0.05, 0) is 38.5 Å². The zero-order chi connectivity index (χ0) is 25.6. The van der Waals surface area contributed by atoms with Crippen molar-refractivity contribution >= 4 is 17.4 Å². The minimum atomic E-state index is -4.55. The number of fused-ring (bicyclic) bond motifs is 1. The van der Waals surface area contributed by atoms with E-state index >= 15 is 0 Å². The molecule has 4 aromatic rings. The molecule has 0 radical (unpaired) electrons. The van der Waals surface area contributed by atoms with E-state index in [1.807, 2.05) is 38.1 Å². The van der Waals surface area contributed by atoms with Gasteiger partial charge in [-0.2, -0.15) is 23.4 Å². The molecule has 0 aliphatic carbocycles. The molecular formula is C25H25F3N6O2. The highest BCUT2D eigenvalue weighted by Crippen LogP contribution is 2.44. The third kappa shape index (κ3) is 4.36. The van der Waals surface area contributed by atoms with Gasteiger partial charge < -0.3 is 15.1 Å². The SMILES string of the molecule is Cc1ccc(Cn2nc(C)c(NC(=O)c3cnn4c3N[C@@H](c3ccco3)C[C@H]4C(F)(F)F)c2C)cc1. The van der Waals surface area contributed by atoms with Gasteiger partial charge in [-0.1, -0.05) is 29.8 Å². The van der Waals surface area contributed by atoms with Crippen molar-refractivity contribution in [3.05, 3.63) is 82.7 Å². The normalized spacial score (nSPS) is 17.5. The summed E-state index contributed by atoms with van der Waals surface area (Å²) in [7, 11) is 0. The molecular weight excluding hydrogens is 473 g/mol. The molecule has 0 spiro atoms. The molecule has 1 aliphatic heterocycles. The Morgan fingerprint density at radius 3 is 2.61 bits per heavy atom. The highest BCUT2D eigenvalue weighted by Gasteiger charge is 2.47. The third-order valence-electron chi connectivity index (χ3n) is 6.44. The van der Waals surface area contributed by atoms with Gasteiger partial charge in [0.2, 0.25) is 0 Å². The largest absolute Gasteiger partial charge is 0.467 e. The smallest absolute Gasteiger partial charge is 0.410 e. The average molecular weight is 499 g/mol. The van der Waals surface area contributed by atoms with Crippen molar-refractivity contribution in [3.63, 3.8) is 0 Å². The lowest BCUT2D eigenvalue weighted by atomic mass is 10.0. The summed E-state index contributed by atoms with van der Waals surface area (Å²) in [5.74, 6) is -0.234. The third-order valence-corrected chi connectivity index (χ3v) is 6.44. The van der Waals surface area contributed by atoms with Crippen LogP contribution in [0.1, 0.15) is 57.1 Å². The summed E-state index contributed by atoms with van der Waals surface area (Å²) in [6, 6.07) is 8.62. The summed E-state index contributed by atoms with van der Waals surface area (Å²) in [6.07, 6.45) is -2.30. The summed E-state index contributed by atoms with van der Waals surface area (Å²) in [4.78, 5) is 13.3. The number of amides is 1. The van der Waals surface area contributed by atoms with Crippen LogP contribution in [0.3, 0.4) is 0 Å². The van der Waals surface area contributed by atoms with Crippen LogP contribution >= 0.6 is 0 Å². The number of benzene rings is 1. The Morgan fingerprint density at radius 2 is 1.94 bits per heavy atom. The van der Waals surface area contributed by atoms with Gasteiger partial charge in [-0.3, -0.25) is 9.48 Å². The van der Waals surface area contributed by atoms with Crippen LogP contribution in [0.5, 0.6) is 0 Å². The van der Waals surface area contributed by atoms with Gasteiger partial charge >= 0.3 is 6.18 Å². The maximum absolute atomic E-state index is 13.9. The predicted octanol–water partition coefficient (Wildman–Crippen LogP) is 5.56. The first-order valence-corrected chi connectivity index (χ1v) is 11.5. The van der Waals surface area contributed by atoms with E-state index in [2.05, 4.69) is 20.8 Å². The highest BCUT2D eigenvalue weighted by molar-refractivity contribution is 6.08. The number of carbonyl (C=O) groups excluding carboxylic acids is 1. The highest BCUT2D eigenvalue weighted by atomic mass is 19.4. The molecule has 8 nitrogen and oxygen atoms in total. The first-order valence-electron chi connectivity index (χ1n) is 11.5. The van der Waals surface area contributed by atoms with E-state index in [1.54, 1.807) is 23.7 Å². The number of nitrogens with zero attached hydrogens (tertiary/aromatic N) is 4. The van der Waals surface area contributed by atoms with Crippen LogP contribution in [0.25, 0.3) is 0 Å². The second-order valence-corrected chi connectivity index (χ2v) is 9.00. The summed E-state index contributed by atoms with van der Waals surface area (Å²) in [6.45, 7) is 6.14. The number of nitrogens with one attached hydrogen (secondary N) is 2. The Kier molecular flexibility index (Phi) is 5.85. The number of hydrogen-bond acceptors (Lipinski definition) is 5. The number of alkyl halides is 3. The average Bonchev–Trinajstić information content (AvgIpc) is 3.56. The molecule has 1 amide bonds. The van der Waals surface area contributed by atoms with Crippen molar-refractivity contribution in [2.75, 3.05) is 10.6 Å². The fourth-order valence-corrected chi connectivity index (χ4v) is 4.48. The first-order chi connectivity index (χ1) is 17.1. The maximum Gasteiger partial charge on any atom is 0.410 e. The quantitative estimate of drug-likeness (QED) is 0.376. The summed E-state index contributed by atoms with van der Waals surface area (Å²) >= 11 is 0. The van der Waals surface area contributed by atoms with Crippen molar-refractivity contribution in [3.8, 4) is 0 Å². The van der Waals surface area contributed by atoms with Gasteiger partial charge in [-0.25, -0.2) is 4.68 Å². The van der Waals surface area contributed by atoms with Gasteiger partial charge in [0.05, 0.1) is 42.1 Å². The molecule has 188 valence electrons. The predicted molar refractivity (Wildman–Crippen MR) is 127 cm³/mol. The van der Waals surface area contributed by atoms with E-state index in [1.165, 1.54) is 6.26 Å². The van der Waals surface area contributed by atoms with Crippen LogP contribution < -0.4 is 10.6 Å². The fraction of sp³-hybridized carbons (Fsp3) is 0.320. The number of furan rings is 1. The van der Waals surface area contributed by atoms with Crippen molar-refractivity contribution in [2.24, 2.45) is 0 Å². The van der Waals surface area contributed by atoms with E-state index in [9.17, 15) is 18.0 Å². The zero-order valence-electron chi connectivity index (χ0n) is 19.9. The van der Waals surface area contributed by atoms with Crippen LogP contribution in [0.15, 0.2) is 53.3 Å². The maximum atomic E-state index is 13.9. The molecule has 11 heteroatoms. The van der Waals surface area contributed by atoms with E-state index < -0.39 is 24.2 Å². The monoisotopic (exact) mass is 498 g/mol. The Bertz CT molecular complexity index is 1390. The number of anilines is 2. The minimum Gasteiger partial charge on any atom is -0.467 e. The second-order valence-electron chi connectivity index (χ2n) is 9.00. The van der Waals surface area contributed by atoms with E-state index in [0.29, 0.717) is 23.7 Å². The number of aryl methyl sites for hydroxylation is 2. The molecule has 1 aliphatic rings. The molecule has 0 saturated heterocycles. The lowest BCUT2D eigenvalue weighted by Crippen LogP contribution is -2.36. The lowest BCUT2D eigenvalue weighted by molar-refractivity contribution is -0.174. The van der Waals surface area contributed by atoms with Crippen LogP contribution in [0.4, 0.5) is 24.7 Å². The number of aromatic nitrogens is 4. The van der Waals surface area contributed by atoms with Crippen molar-refractivity contribution in [1.82, 2.24) is 19.6 Å². The molecule has 0 bridgehead atoms. The van der Waals surface area contributed by atoms with E-state index in [0.717, 1.165) is 27.7 Å². The van der Waals surface area contributed by atoms with Gasteiger partial charge in [0, 0.05) is 6.42 Å². The molecule has 0 fully saturated rings. The van der Waals surface area contributed by atoms with Crippen LogP contribution in [-0.2, 0) is 6.54 Å². The molecule has 5 rings (SSSR count). The molecule has 0 saturated carbocycles. The topological polar surface area (TPSA) is 89.9 Å². The Balaban J connectivity index is 1.42. The molecule has 4 heterocycles. The van der Waals surface area contributed by atoms with Crippen molar-refractivity contribution in [2.45, 2.75) is 52.0 Å². The number of rotatable bonds is 5. The van der Waals surface area contributed by atoms with Crippen molar-refractivity contribution < 1.29 is 22.4 Å². The summed E-state index contributed by atoms with van der Waals surface area (Å²) in [5, 5.41) is 14.3. The lowest BCUT2D eigenvalue weighted by Gasteiger charge is -2.32. The molecule has 3 aromatic heterocycles. The summed E-state index contributed by atoms with van der Waals surface area (Å²) in [5.41, 5.74) is 4.06. The molecule has 2 atom stereocenters.